The van der Waals surface area contributed by atoms with Crippen LogP contribution in [-0.2, 0) is 0 Å². The summed E-state index contributed by atoms with van der Waals surface area (Å²) in [4.78, 5) is 16.7. The van der Waals surface area contributed by atoms with Crippen molar-refractivity contribution in [2.75, 3.05) is 4.90 Å². The standard InChI is InChI=1S/C33H22N4O.CH4/c1-3-11-23(12-4-1)31-34-32(24-13-5-2-6-14-24)36-33(35-31)25-19-21-26(22-20-25)37-27-15-7-9-17-29(27)38-30-18-10-8-16-28(30)37;/h1-22H;1H4. The summed E-state index contributed by atoms with van der Waals surface area (Å²) in [7, 11) is 0. The van der Waals surface area contributed by atoms with Crippen LogP contribution in [0.25, 0.3) is 34.2 Å². The Morgan fingerprint density at radius 2 is 0.795 bits per heavy atom. The van der Waals surface area contributed by atoms with Crippen LogP contribution in [0.2, 0.25) is 0 Å². The first-order valence-corrected chi connectivity index (χ1v) is 12.5. The zero-order chi connectivity index (χ0) is 25.3. The third-order valence-electron chi connectivity index (χ3n) is 6.52. The molecular weight excluding hydrogens is 480 g/mol. The molecule has 5 heteroatoms. The smallest absolute Gasteiger partial charge is 0.164 e. The number of ether oxygens (including phenoxy) is 1. The minimum absolute atomic E-state index is 0. The number of benzene rings is 5. The van der Waals surface area contributed by atoms with Crippen molar-refractivity contribution in [3.8, 4) is 45.7 Å². The van der Waals surface area contributed by atoms with E-state index in [9.17, 15) is 0 Å². The molecule has 0 unspecified atom stereocenters. The van der Waals surface area contributed by atoms with Gasteiger partial charge in [-0.3, -0.25) is 0 Å². The second kappa shape index (κ2) is 10.2. The summed E-state index contributed by atoms with van der Waals surface area (Å²) in [6, 6.07) is 44.5. The van der Waals surface area contributed by atoms with E-state index >= 15 is 0 Å². The quantitative estimate of drug-likeness (QED) is 0.238. The van der Waals surface area contributed by atoms with Crippen LogP contribution < -0.4 is 9.64 Å². The zero-order valence-corrected chi connectivity index (χ0v) is 20.4. The van der Waals surface area contributed by atoms with Crippen molar-refractivity contribution in [1.29, 1.82) is 0 Å². The Hall–Kier alpha value is -5.29. The molecule has 7 rings (SSSR count). The predicted octanol–water partition coefficient (Wildman–Crippen LogP) is 9.08. The summed E-state index contributed by atoms with van der Waals surface area (Å²) in [5, 5.41) is 0. The highest BCUT2D eigenvalue weighted by molar-refractivity contribution is 5.86. The normalized spacial score (nSPS) is 11.5. The minimum atomic E-state index is 0. The van der Waals surface area contributed by atoms with Crippen LogP contribution in [0.5, 0.6) is 11.5 Å². The zero-order valence-electron chi connectivity index (χ0n) is 20.4. The molecule has 0 saturated carbocycles. The van der Waals surface area contributed by atoms with Crippen molar-refractivity contribution < 1.29 is 4.74 Å². The first-order chi connectivity index (χ1) is 18.8. The molecule has 5 nitrogen and oxygen atoms in total. The van der Waals surface area contributed by atoms with Gasteiger partial charge in [-0.25, -0.2) is 15.0 Å². The van der Waals surface area contributed by atoms with Crippen LogP contribution in [-0.4, -0.2) is 15.0 Å². The van der Waals surface area contributed by atoms with Crippen LogP contribution in [0, 0.1) is 0 Å². The Morgan fingerprint density at radius 1 is 0.410 bits per heavy atom. The molecule has 0 radical (unpaired) electrons. The van der Waals surface area contributed by atoms with E-state index in [0.717, 1.165) is 45.3 Å². The number of fused-ring (bicyclic) bond motifs is 2. The van der Waals surface area contributed by atoms with E-state index in [1.807, 2.05) is 97.1 Å². The number of para-hydroxylation sites is 4. The molecule has 0 N–H and O–H groups in total. The molecular formula is C34H26N4O. The van der Waals surface area contributed by atoms with Gasteiger partial charge >= 0.3 is 0 Å². The molecule has 0 bridgehead atoms. The van der Waals surface area contributed by atoms with Crippen molar-refractivity contribution in [3.05, 3.63) is 133 Å². The van der Waals surface area contributed by atoms with E-state index in [-0.39, 0.29) is 7.43 Å². The number of hydrogen-bond donors (Lipinski definition) is 0. The van der Waals surface area contributed by atoms with Gasteiger partial charge in [0, 0.05) is 22.4 Å². The lowest BCUT2D eigenvalue weighted by atomic mass is 10.1. The van der Waals surface area contributed by atoms with E-state index in [2.05, 4.69) is 41.3 Å². The first kappa shape index (κ1) is 24.1. The third kappa shape index (κ3) is 4.51. The lowest BCUT2D eigenvalue weighted by Gasteiger charge is -2.32. The third-order valence-corrected chi connectivity index (χ3v) is 6.52. The lowest BCUT2D eigenvalue weighted by Crippen LogP contribution is -2.15. The summed E-state index contributed by atoms with van der Waals surface area (Å²) >= 11 is 0. The lowest BCUT2D eigenvalue weighted by molar-refractivity contribution is 0.477. The van der Waals surface area contributed by atoms with Crippen molar-refractivity contribution >= 4 is 17.1 Å². The van der Waals surface area contributed by atoms with Gasteiger partial charge in [0.2, 0.25) is 0 Å². The fraction of sp³-hybridized carbons (Fsp3) is 0.0294. The van der Waals surface area contributed by atoms with E-state index in [4.69, 9.17) is 19.7 Å². The van der Waals surface area contributed by atoms with E-state index in [0.29, 0.717) is 17.5 Å². The number of anilines is 3. The molecule has 188 valence electrons. The van der Waals surface area contributed by atoms with Crippen molar-refractivity contribution in [2.24, 2.45) is 0 Å². The molecule has 0 amide bonds. The Morgan fingerprint density at radius 3 is 1.26 bits per heavy atom. The summed E-state index contributed by atoms with van der Waals surface area (Å²) in [6.45, 7) is 0. The van der Waals surface area contributed by atoms with Crippen LogP contribution in [0.3, 0.4) is 0 Å². The summed E-state index contributed by atoms with van der Waals surface area (Å²) in [5.74, 6) is 3.58. The molecule has 1 aromatic heterocycles. The molecule has 2 heterocycles. The molecule has 5 aromatic carbocycles. The average molecular weight is 507 g/mol. The maximum absolute atomic E-state index is 6.16. The number of rotatable bonds is 4. The SMILES string of the molecule is C.c1ccc(-c2nc(-c3ccccc3)nc(-c3ccc(N4c5ccccc5Oc5ccccc54)cc3)n2)cc1. The molecule has 39 heavy (non-hydrogen) atoms. The monoisotopic (exact) mass is 506 g/mol. The molecule has 0 atom stereocenters. The van der Waals surface area contributed by atoms with Gasteiger partial charge in [-0.1, -0.05) is 92.4 Å². The Kier molecular flexibility index (Phi) is 6.31. The Balaban J connectivity index is 0.00000277. The second-order valence-corrected chi connectivity index (χ2v) is 8.96. The highest BCUT2D eigenvalue weighted by atomic mass is 16.5. The number of aromatic nitrogens is 3. The highest BCUT2D eigenvalue weighted by Gasteiger charge is 2.25. The molecule has 1 aliphatic rings. The summed E-state index contributed by atoms with van der Waals surface area (Å²) < 4.78 is 6.16. The van der Waals surface area contributed by atoms with Gasteiger partial charge in [0.05, 0.1) is 11.4 Å². The summed E-state index contributed by atoms with van der Waals surface area (Å²) in [6.07, 6.45) is 0. The molecule has 1 aliphatic heterocycles. The van der Waals surface area contributed by atoms with Crippen LogP contribution >= 0.6 is 0 Å². The largest absolute Gasteiger partial charge is 0.453 e. The molecule has 0 aliphatic carbocycles. The highest BCUT2D eigenvalue weighted by Crippen LogP contribution is 2.50. The topological polar surface area (TPSA) is 51.1 Å². The number of nitrogens with zero attached hydrogens (tertiary/aromatic N) is 4. The van der Waals surface area contributed by atoms with Crippen molar-refractivity contribution in [2.45, 2.75) is 7.43 Å². The minimum Gasteiger partial charge on any atom is -0.453 e. The molecule has 0 saturated heterocycles. The van der Waals surface area contributed by atoms with Crippen LogP contribution in [0.4, 0.5) is 17.1 Å². The maximum atomic E-state index is 6.16. The average Bonchev–Trinajstić information content (AvgIpc) is 3.00. The second-order valence-electron chi connectivity index (χ2n) is 8.96. The maximum Gasteiger partial charge on any atom is 0.164 e. The Bertz CT molecular complexity index is 1630. The van der Waals surface area contributed by atoms with Gasteiger partial charge in [-0.15, -0.1) is 0 Å². The van der Waals surface area contributed by atoms with Gasteiger partial charge in [0.25, 0.3) is 0 Å². The van der Waals surface area contributed by atoms with E-state index in [1.165, 1.54) is 0 Å². The van der Waals surface area contributed by atoms with Gasteiger partial charge in [0.15, 0.2) is 29.0 Å². The van der Waals surface area contributed by atoms with E-state index in [1.54, 1.807) is 0 Å². The van der Waals surface area contributed by atoms with E-state index < -0.39 is 0 Å². The van der Waals surface area contributed by atoms with Crippen molar-refractivity contribution in [3.63, 3.8) is 0 Å². The Labute approximate surface area is 228 Å². The molecule has 0 fully saturated rings. The number of hydrogen-bond acceptors (Lipinski definition) is 5. The van der Waals surface area contributed by atoms with Crippen LogP contribution in [0.15, 0.2) is 133 Å². The predicted molar refractivity (Wildman–Crippen MR) is 158 cm³/mol. The van der Waals surface area contributed by atoms with Gasteiger partial charge in [0.1, 0.15) is 0 Å². The molecule has 6 aromatic rings. The summed E-state index contributed by atoms with van der Waals surface area (Å²) in [5.41, 5.74) is 5.84. The van der Waals surface area contributed by atoms with Gasteiger partial charge in [-0.05, 0) is 48.5 Å². The van der Waals surface area contributed by atoms with Crippen molar-refractivity contribution in [1.82, 2.24) is 15.0 Å². The fourth-order valence-corrected chi connectivity index (χ4v) is 4.68. The first-order valence-electron chi connectivity index (χ1n) is 12.5. The van der Waals surface area contributed by atoms with Gasteiger partial charge in [-0.2, -0.15) is 0 Å². The molecule has 0 spiro atoms. The van der Waals surface area contributed by atoms with Crippen LogP contribution in [0.1, 0.15) is 7.43 Å². The van der Waals surface area contributed by atoms with Gasteiger partial charge < -0.3 is 9.64 Å². The fourth-order valence-electron chi connectivity index (χ4n) is 4.68.